The van der Waals surface area contributed by atoms with Crippen LogP contribution in [0, 0.1) is 6.92 Å². The number of guanidine groups is 1. The van der Waals surface area contributed by atoms with Gasteiger partial charge in [-0.1, -0.05) is 48.0 Å². The van der Waals surface area contributed by atoms with Crippen LogP contribution < -0.4 is 15.4 Å². The summed E-state index contributed by atoms with van der Waals surface area (Å²) in [5, 5.41) is 15.5. The summed E-state index contributed by atoms with van der Waals surface area (Å²) in [6.07, 6.45) is 0. The highest BCUT2D eigenvalue weighted by molar-refractivity contribution is 14.0. The number of aromatic nitrogens is 3. The molecule has 2 aromatic carbocycles. The molecule has 2 N–H and O–H groups in total. The van der Waals surface area contributed by atoms with Crippen molar-refractivity contribution in [1.29, 1.82) is 0 Å². The monoisotopic (exact) mass is 540 g/mol. The lowest BCUT2D eigenvalue weighted by molar-refractivity contribution is 0.415. The van der Waals surface area contributed by atoms with Gasteiger partial charge in [-0.3, -0.25) is 0 Å². The average molecular weight is 541 g/mol. The number of halogens is 2. The molecule has 3 rings (SSSR count). The Hall–Kier alpha value is -2.33. The number of methoxy groups -OCH3 is 1. The van der Waals surface area contributed by atoms with Crippen LogP contribution in [0.3, 0.4) is 0 Å². The zero-order chi connectivity index (χ0) is 20.6. The Morgan fingerprint density at radius 3 is 2.43 bits per heavy atom. The zero-order valence-corrected chi connectivity index (χ0v) is 20.3. The van der Waals surface area contributed by atoms with Crippen molar-refractivity contribution in [1.82, 2.24) is 25.4 Å². The molecule has 0 atom stereocenters. The number of aryl methyl sites for hydroxylation is 1. The molecule has 7 nitrogen and oxygen atoms in total. The van der Waals surface area contributed by atoms with Crippen LogP contribution in [0.25, 0.3) is 0 Å². The summed E-state index contributed by atoms with van der Waals surface area (Å²) in [6, 6.07) is 15.8. The highest BCUT2D eigenvalue weighted by atomic mass is 127. The van der Waals surface area contributed by atoms with Gasteiger partial charge in [-0.2, -0.15) is 0 Å². The van der Waals surface area contributed by atoms with Gasteiger partial charge in [0.25, 0.3) is 0 Å². The van der Waals surface area contributed by atoms with Crippen molar-refractivity contribution in [3.63, 3.8) is 0 Å². The maximum absolute atomic E-state index is 6.22. The van der Waals surface area contributed by atoms with Crippen LogP contribution in [-0.4, -0.2) is 27.8 Å². The predicted molar refractivity (Wildman–Crippen MR) is 130 cm³/mol. The smallest absolute Gasteiger partial charge is 0.192 e. The first-order valence-electron chi connectivity index (χ1n) is 9.30. The molecule has 30 heavy (non-hydrogen) atoms. The fourth-order valence-corrected chi connectivity index (χ4v) is 2.98. The molecule has 160 valence electrons. The van der Waals surface area contributed by atoms with Gasteiger partial charge in [-0.25, -0.2) is 4.99 Å². The van der Waals surface area contributed by atoms with Crippen LogP contribution >= 0.6 is 35.6 Å². The van der Waals surface area contributed by atoms with Crippen LogP contribution in [0.5, 0.6) is 5.75 Å². The SMILES string of the molecule is COc1ccc(CN=C(NCc2ccccc2)NCc2nnc(C)n2C)cc1Cl.I. The van der Waals surface area contributed by atoms with Crippen LogP contribution in [0.15, 0.2) is 53.5 Å². The van der Waals surface area contributed by atoms with Crippen LogP contribution in [0.1, 0.15) is 22.8 Å². The van der Waals surface area contributed by atoms with Gasteiger partial charge in [-0.15, -0.1) is 34.2 Å². The molecule has 9 heteroatoms. The van der Waals surface area contributed by atoms with Crippen molar-refractivity contribution >= 4 is 41.5 Å². The van der Waals surface area contributed by atoms with Crippen molar-refractivity contribution in [3.8, 4) is 5.75 Å². The molecule has 0 aliphatic carbocycles. The highest BCUT2D eigenvalue weighted by Crippen LogP contribution is 2.25. The summed E-state index contributed by atoms with van der Waals surface area (Å²) in [4.78, 5) is 4.69. The second-order valence-electron chi connectivity index (χ2n) is 6.55. The first kappa shape index (κ1) is 23.9. The molecule has 0 aliphatic rings. The van der Waals surface area contributed by atoms with Crippen LogP contribution in [0.4, 0.5) is 0 Å². The molecule has 0 aliphatic heterocycles. The first-order chi connectivity index (χ1) is 14.1. The standard InChI is InChI=1S/C21H25ClN6O.HI/c1-15-26-27-20(28(15)2)14-25-21(23-12-16-7-5-4-6-8-16)24-13-17-9-10-19(29-3)18(22)11-17;/h4-11H,12-14H2,1-3H3,(H2,23,24,25);1H. The molecule has 0 spiro atoms. The summed E-state index contributed by atoms with van der Waals surface area (Å²) >= 11 is 6.22. The molecule has 3 aromatic rings. The van der Waals surface area contributed by atoms with Crippen LogP contribution in [0.2, 0.25) is 5.02 Å². The summed E-state index contributed by atoms with van der Waals surface area (Å²) in [6.45, 7) is 3.58. The van der Waals surface area contributed by atoms with Gasteiger partial charge < -0.3 is 19.9 Å². The number of nitrogens with zero attached hydrogens (tertiary/aromatic N) is 4. The third-order valence-corrected chi connectivity index (χ3v) is 4.83. The summed E-state index contributed by atoms with van der Waals surface area (Å²) < 4.78 is 7.16. The molecule has 0 saturated heterocycles. The molecule has 0 radical (unpaired) electrons. The van der Waals surface area contributed by atoms with E-state index in [1.54, 1.807) is 7.11 Å². The van der Waals surface area contributed by atoms with E-state index in [2.05, 4.69) is 33.0 Å². The second kappa shape index (κ2) is 11.8. The first-order valence-corrected chi connectivity index (χ1v) is 9.68. The quantitative estimate of drug-likeness (QED) is 0.271. The van der Waals surface area contributed by atoms with Gasteiger partial charge in [0.1, 0.15) is 11.6 Å². The molecular formula is C21H26ClIN6O. The Morgan fingerprint density at radius 2 is 1.80 bits per heavy atom. The Morgan fingerprint density at radius 1 is 1.07 bits per heavy atom. The third kappa shape index (κ3) is 6.60. The van der Waals surface area contributed by atoms with E-state index in [4.69, 9.17) is 21.3 Å². The number of hydrogen-bond acceptors (Lipinski definition) is 4. The number of rotatable bonds is 7. The summed E-state index contributed by atoms with van der Waals surface area (Å²) in [5.41, 5.74) is 2.16. The van der Waals surface area contributed by atoms with Crippen molar-refractivity contribution in [3.05, 3.63) is 76.3 Å². The summed E-state index contributed by atoms with van der Waals surface area (Å²) in [7, 11) is 3.54. The fourth-order valence-electron chi connectivity index (χ4n) is 2.70. The minimum Gasteiger partial charge on any atom is -0.495 e. The van der Waals surface area contributed by atoms with E-state index in [0.717, 1.165) is 17.2 Å². The average Bonchev–Trinajstić information content (AvgIpc) is 3.06. The van der Waals surface area contributed by atoms with Gasteiger partial charge in [0, 0.05) is 13.6 Å². The molecule has 0 bridgehead atoms. The lowest BCUT2D eigenvalue weighted by atomic mass is 10.2. The number of aliphatic imine (C=N–C) groups is 1. The Bertz CT molecular complexity index is 977. The van der Waals surface area contributed by atoms with Gasteiger partial charge in [0.05, 0.1) is 25.2 Å². The maximum atomic E-state index is 6.22. The van der Waals surface area contributed by atoms with E-state index in [1.807, 2.05) is 54.9 Å². The maximum Gasteiger partial charge on any atom is 0.192 e. The largest absolute Gasteiger partial charge is 0.495 e. The van der Waals surface area contributed by atoms with E-state index in [9.17, 15) is 0 Å². The second-order valence-corrected chi connectivity index (χ2v) is 6.96. The zero-order valence-electron chi connectivity index (χ0n) is 17.2. The predicted octanol–water partition coefficient (Wildman–Crippen LogP) is 3.84. The number of benzene rings is 2. The minimum absolute atomic E-state index is 0. The summed E-state index contributed by atoms with van der Waals surface area (Å²) in [5.74, 6) is 3.04. The van der Waals surface area contributed by atoms with Crippen molar-refractivity contribution in [2.75, 3.05) is 7.11 Å². The molecular weight excluding hydrogens is 515 g/mol. The normalized spacial score (nSPS) is 11.0. The highest BCUT2D eigenvalue weighted by Gasteiger charge is 2.07. The van der Waals surface area contributed by atoms with Gasteiger partial charge in [0.2, 0.25) is 0 Å². The Balaban J connectivity index is 0.00000320. The molecule has 0 unspecified atom stereocenters. The lowest BCUT2D eigenvalue weighted by Gasteiger charge is -2.13. The van der Waals surface area contributed by atoms with Gasteiger partial charge in [-0.05, 0) is 30.2 Å². The Kier molecular flexibility index (Phi) is 9.38. The molecule has 1 heterocycles. The molecule has 1 aromatic heterocycles. The van der Waals surface area contributed by atoms with E-state index in [-0.39, 0.29) is 24.0 Å². The third-order valence-electron chi connectivity index (χ3n) is 4.54. The molecule has 0 saturated carbocycles. The molecule has 0 amide bonds. The fraction of sp³-hybridized carbons (Fsp3) is 0.286. The van der Waals surface area contributed by atoms with E-state index >= 15 is 0 Å². The molecule has 0 fully saturated rings. The van der Waals surface area contributed by atoms with Gasteiger partial charge in [0.15, 0.2) is 11.8 Å². The number of hydrogen-bond donors (Lipinski definition) is 2. The van der Waals surface area contributed by atoms with Crippen LogP contribution in [-0.2, 0) is 26.7 Å². The van der Waals surface area contributed by atoms with Gasteiger partial charge >= 0.3 is 0 Å². The van der Waals surface area contributed by atoms with Crippen molar-refractivity contribution in [2.45, 2.75) is 26.6 Å². The van der Waals surface area contributed by atoms with E-state index in [1.165, 1.54) is 5.56 Å². The Labute approximate surface area is 198 Å². The number of nitrogens with one attached hydrogen (secondary N) is 2. The number of ether oxygens (including phenoxy) is 1. The van der Waals surface area contributed by atoms with Crippen molar-refractivity contribution in [2.24, 2.45) is 12.0 Å². The van der Waals surface area contributed by atoms with E-state index in [0.29, 0.717) is 36.4 Å². The lowest BCUT2D eigenvalue weighted by Crippen LogP contribution is -2.37. The minimum atomic E-state index is 0. The topological polar surface area (TPSA) is 76.4 Å². The van der Waals surface area contributed by atoms with E-state index < -0.39 is 0 Å². The van der Waals surface area contributed by atoms with Crippen molar-refractivity contribution < 1.29 is 4.74 Å².